The highest BCUT2D eigenvalue weighted by atomic mass is 35.5. The Bertz CT molecular complexity index is 1250. The van der Waals surface area contributed by atoms with Crippen molar-refractivity contribution in [3.63, 3.8) is 0 Å². The van der Waals surface area contributed by atoms with E-state index in [1.165, 1.54) is 5.56 Å². The van der Waals surface area contributed by atoms with Gasteiger partial charge in [0.2, 0.25) is 0 Å². The number of para-hydroxylation sites is 2. The summed E-state index contributed by atoms with van der Waals surface area (Å²) in [6.07, 6.45) is 3.83. The van der Waals surface area contributed by atoms with Crippen molar-refractivity contribution < 1.29 is 9.53 Å². The predicted octanol–water partition coefficient (Wildman–Crippen LogP) is 6.22. The first-order chi connectivity index (χ1) is 16.6. The summed E-state index contributed by atoms with van der Waals surface area (Å²) in [4.78, 5) is 17.1. The second-order valence-corrected chi connectivity index (χ2v) is 8.85. The number of aryl methyl sites for hydroxylation is 2. The lowest BCUT2D eigenvalue weighted by Gasteiger charge is -2.11. The lowest BCUT2D eigenvalue weighted by atomic mass is 10.1. The van der Waals surface area contributed by atoms with Gasteiger partial charge in [0.1, 0.15) is 18.2 Å². The summed E-state index contributed by atoms with van der Waals surface area (Å²) < 4.78 is 8.26. The highest BCUT2D eigenvalue weighted by Crippen LogP contribution is 2.19. The Morgan fingerprint density at radius 2 is 1.85 bits per heavy atom. The minimum Gasteiger partial charge on any atom is -0.492 e. The third-order valence-electron chi connectivity index (χ3n) is 5.76. The topological polar surface area (TPSA) is 56.1 Å². The van der Waals surface area contributed by atoms with Crippen molar-refractivity contribution in [2.24, 2.45) is 0 Å². The molecule has 1 amide bonds. The smallest absolute Gasteiger partial charge is 0.251 e. The van der Waals surface area contributed by atoms with Crippen LogP contribution in [0.1, 0.15) is 41.0 Å². The summed E-state index contributed by atoms with van der Waals surface area (Å²) in [6.45, 7) is 4.05. The van der Waals surface area contributed by atoms with Gasteiger partial charge in [0.15, 0.2) is 0 Å². The molecule has 0 aliphatic rings. The number of benzene rings is 3. The lowest BCUT2D eigenvalue weighted by molar-refractivity contribution is 0.0953. The third kappa shape index (κ3) is 6.39. The van der Waals surface area contributed by atoms with Gasteiger partial charge in [0.05, 0.1) is 17.6 Å². The normalized spacial score (nSPS) is 11.0. The van der Waals surface area contributed by atoms with Gasteiger partial charge < -0.3 is 14.6 Å². The van der Waals surface area contributed by atoms with Gasteiger partial charge in [-0.1, -0.05) is 48.4 Å². The number of hydrogen-bond acceptors (Lipinski definition) is 3. The van der Waals surface area contributed by atoms with Crippen molar-refractivity contribution in [3.8, 4) is 5.75 Å². The number of rotatable bonds is 11. The molecule has 0 radical (unpaired) electrons. The van der Waals surface area contributed by atoms with E-state index in [-0.39, 0.29) is 5.91 Å². The number of halogens is 1. The van der Waals surface area contributed by atoms with Crippen LogP contribution in [0.3, 0.4) is 0 Å². The standard InChI is InChI=1S/C28H30ClN3O2/c1-21-9-7-12-24(19-21)34-18-17-32-26-14-5-4-13-25(26)31-27(32)15-3-2-6-16-30-28(33)22-10-8-11-23(29)20-22/h4-5,7-14,19-20H,2-3,6,15-18H2,1H3,(H,30,33). The highest BCUT2D eigenvalue weighted by molar-refractivity contribution is 6.30. The van der Waals surface area contributed by atoms with E-state index >= 15 is 0 Å². The second kappa shape index (κ2) is 11.7. The molecule has 4 rings (SSSR count). The van der Waals surface area contributed by atoms with E-state index in [0.717, 1.165) is 54.8 Å². The van der Waals surface area contributed by atoms with Crippen LogP contribution in [0.15, 0.2) is 72.8 Å². The number of nitrogens with zero attached hydrogens (tertiary/aromatic N) is 2. The van der Waals surface area contributed by atoms with Crippen molar-refractivity contribution >= 4 is 28.5 Å². The predicted molar refractivity (Wildman–Crippen MR) is 138 cm³/mol. The second-order valence-electron chi connectivity index (χ2n) is 8.41. The maximum atomic E-state index is 12.2. The molecule has 0 unspecified atom stereocenters. The minimum atomic E-state index is -0.0853. The highest BCUT2D eigenvalue weighted by Gasteiger charge is 2.11. The van der Waals surface area contributed by atoms with Crippen LogP contribution in [-0.4, -0.2) is 28.6 Å². The van der Waals surface area contributed by atoms with E-state index in [1.54, 1.807) is 24.3 Å². The lowest BCUT2D eigenvalue weighted by Crippen LogP contribution is -2.24. The zero-order valence-corrected chi connectivity index (χ0v) is 20.2. The van der Waals surface area contributed by atoms with Gasteiger partial charge >= 0.3 is 0 Å². The summed E-state index contributed by atoms with van der Waals surface area (Å²) in [5.41, 5.74) is 3.94. The first kappa shape index (κ1) is 23.8. The molecular formula is C28H30ClN3O2. The Morgan fingerprint density at radius 1 is 1.00 bits per heavy atom. The van der Waals surface area contributed by atoms with E-state index in [0.29, 0.717) is 23.7 Å². The van der Waals surface area contributed by atoms with Crippen molar-refractivity contribution in [2.45, 2.75) is 39.2 Å². The Morgan fingerprint density at radius 3 is 2.71 bits per heavy atom. The molecule has 0 aliphatic carbocycles. The molecule has 1 aromatic heterocycles. The Labute approximate surface area is 205 Å². The first-order valence-corrected chi connectivity index (χ1v) is 12.2. The van der Waals surface area contributed by atoms with Gasteiger partial charge in [0.25, 0.3) is 5.91 Å². The number of imidazole rings is 1. The molecular weight excluding hydrogens is 446 g/mol. The number of ether oxygens (including phenoxy) is 1. The molecule has 0 spiro atoms. The molecule has 176 valence electrons. The van der Waals surface area contributed by atoms with E-state index in [4.69, 9.17) is 21.3 Å². The molecule has 0 saturated heterocycles. The van der Waals surface area contributed by atoms with Gasteiger partial charge in [-0.15, -0.1) is 0 Å². The average Bonchev–Trinajstić information content (AvgIpc) is 3.18. The first-order valence-electron chi connectivity index (χ1n) is 11.8. The molecule has 1 N–H and O–H groups in total. The summed E-state index contributed by atoms with van der Waals surface area (Å²) in [5.74, 6) is 1.89. The summed E-state index contributed by atoms with van der Waals surface area (Å²) in [7, 11) is 0. The van der Waals surface area contributed by atoms with Crippen molar-refractivity contribution in [1.29, 1.82) is 0 Å². The molecule has 1 heterocycles. The molecule has 4 aromatic rings. The summed E-state index contributed by atoms with van der Waals surface area (Å²) in [6, 6.07) is 23.4. The number of amides is 1. The molecule has 3 aromatic carbocycles. The average molecular weight is 476 g/mol. The molecule has 34 heavy (non-hydrogen) atoms. The van der Waals surface area contributed by atoms with Crippen LogP contribution in [0, 0.1) is 6.92 Å². The van der Waals surface area contributed by atoms with E-state index in [1.807, 2.05) is 24.3 Å². The van der Waals surface area contributed by atoms with Crippen molar-refractivity contribution in [1.82, 2.24) is 14.9 Å². The van der Waals surface area contributed by atoms with Gasteiger partial charge in [-0.3, -0.25) is 4.79 Å². The van der Waals surface area contributed by atoms with Gasteiger partial charge in [-0.25, -0.2) is 4.98 Å². The molecule has 0 atom stereocenters. The van der Waals surface area contributed by atoms with Crippen molar-refractivity contribution in [2.75, 3.05) is 13.2 Å². The monoisotopic (exact) mass is 475 g/mol. The fourth-order valence-corrected chi connectivity index (χ4v) is 4.23. The van der Waals surface area contributed by atoms with Crippen LogP contribution in [0.25, 0.3) is 11.0 Å². The number of aromatic nitrogens is 2. The number of carbonyl (C=O) groups excluding carboxylic acids is 1. The van der Waals surface area contributed by atoms with E-state index in [2.05, 4.69) is 41.1 Å². The number of carbonyl (C=O) groups is 1. The quantitative estimate of drug-likeness (QED) is 0.262. The summed E-state index contributed by atoms with van der Waals surface area (Å²) >= 11 is 5.97. The van der Waals surface area contributed by atoms with E-state index < -0.39 is 0 Å². The zero-order chi connectivity index (χ0) is 23.8. The maximum Gasteiger partial charge on any atom is 0.251 e. The van der Waals surface area contributed by atoms with Crippen LogP contribution >= 0.6 is 11.6 Å². The number of unbranched alkanes of at least 4 members (excludes halogenated alkanes) is 2. The third-order valence-corrected chi connectivity index (χ3v) is 5.99. The molecule has 6 heteroatoms. The maximum absolute atomic E-state index is 12.2. The van der Waals surface area contributed by atoms with Crippen LogP contribution in [0.2, 0.25) is 5.02 Å². The molecule has 0 fully saturated rings. The van der Waals surface area contributed by atoms with E-state index in [9.17, 15) is 4.79 Å². The number of nitrogens with one attached hydrogen (secondary N) is 1. The SMILES string of the molecule is Cc1cccc(OCCn2c(CCCCCNC(=O)c3cccc(Cl)c3)nc3ccccc32)c1. The van der Waals surface area contributed by atoms with Crippen LogP contribution in [0.4, 0.5) is 0 Å². The fraction of sp³-hybridized carbons (Fsp3) is 0.286. The Hall–Kier alpha value is -3.31. The summed E-state index contributed by atoms with van der Waals surface area (Å²) in [5, 5.41) is 3.54. The van der Waals surface area contributed by atoms with Crippen molar-refractivity contribution in [3.05, 3.63) is 94.8 Å². The molecule has 5 nitrogen and oxygen atoms in total. The fourth-order valence-electron chi connectivity index (χ4n) is 4.04. The zero-order valence-electron chi connectivity index (χ0n) is 19.5. The molecule has 0 saturated carbocycles. The number of fused-ring (bicyclic) bond motifs is 1. The largest absolute Gasteiger partial charge is 0.492 e. The van der Waals surface area contributed by atoms with Gasteiger partial charge in [-0.05, 0) is 67.8 Å². The minimum absolute atomic E-state index is 0.0853. The molecule has 0 aliphatic heterocycles. The van der Waals surface area contributed by atoms with Crippen LogP contribution in [-0.2, 0) is 13.0 Å². The number of hydrogen-bond donors (Lipinski definition) is 1. The molecule has 0 bridgehead atoms. The van der Waals surface area contributed by atoms with Crippen LogP contribution < -0.4 is 10.1 Å². The van der Waals surface area contributed by atoms with Crippen LogP contribution in [0.5, 0.6) is 5.75 Å². The Kier molecular flexibility index (Phi) is 8.21. The Balaban J connectivity index is 1.27. The van der Waals surface area contributed by atoms with Gasteiger partial charge in [-0.2, -0.15) is 0 Å². The van der Waals surface area contributed by atoms with Gasteiger partial charge in [0, 0.05) is 23.6 Å².